The van der Waals surface area contributed by atoms with E-state index in [2.05, 4.69) is 4.74 Å². The Kier molecular flexibility index (Phi) is 4.19. The zero-order chi connectivity index (χ0) is 13.2. The highest BCUT2D eigenvalue weighted by atomic mass is 32.3. The monoisotopic (exact) mass is 274 g/mol. The smallest absolute Gasteiger partial charge is 0.451 e. The summed E-state index contributed by atoms with van der Waals surface area (Å²) >= 11 is 0. The molecule has 0 aliphatic heterocycles. The quantitative estimate of drug-likeness (QED) is 0.436. The molecule has 0 aromatic heterocycles. The van der Waals surface area contributed by atoms with E-state index in [-0.39, 0.29) is 0 Å². The van der Waals surface area contributed by atoms with E-state index in [9.17, 15) is 39.1 Å². The first-order valence-electron chi connectivity index (χ1n) is 3.41. The molecule has 1 unspecified atom stereocenters. The molecule has 96 valence electrons. The van der Waals surface area contributed by atoms with E-state index in [1.807, 2.05) is 0 Å². The summed E-state index contributed by atoms with van der Waals surface area (Å²) in [6.07, 6.45) is -6.37. The number of ether oxygens (including phenoxy) is 1. The molecule has 0 spiro atoms. The van der Waals surface area contributed by atoms with Gasteiger partial charge in [-0.2, -0.15) is 21.6 Å². The fourth-order valence-corrected chi connectivity index (χ4v) is 1.11. The molecular formula is C5H4F6O4S. The van der Waals surface area contributed by atoms with Gasteiger partial charge in [-0.3, -0.25) is 0 Å². The van der Waals surface area contributed by atoms with Crippen LogP contribution in [0.1, 0.15) is 0 Å². The van der Waals surface area contributed by atoms with E-state index in [0.29, 0.717) is 0 Å². The van der Waals surface area contributed by atoms with Crippen molar-refractivity contribution in [3.05, 3.63) is 0 Å². The average Bonchev–Trinajstić information content (AvgIpc) is 2.08. The van der Waals surface area contributed by atoms with Crippen LogP contribution in [0, 0.1) is 0 Å². The largest absolute Gasteiger partial charge is 0.459 e. The molecule has 11 heteroatoms. The summed E-state index contributed by atoms with van der Waals surface area (Å²) in [5, 5.41) is -5.84. The minimum atomic E-state index is -6.94. The van der Waals surface area contributed by atoms with Crippen molar-refractivity contribution in [2.24, 2.45) is 0 Å². The first-order chi connectivity index (χ1) is 6.98. The third kappa shape index (κ3) is 2.57. The Balaban J connectivity index is 5.37. The van der Waals surface area contributed by atoms with Crippen LogP contribution in [0.25, 0.3) is 0 Å². The predicted octanol–water partition coefficient (Wildman–Crippen LogP) is 1.03. The average molecular weight is 274 g/mol. The van der Waals surface area contributed by atoms with Crippen molar-refractivity contribution in [1.29, 1.82) is 0 Å². The van der Waals surface area contributed by atoms with Gasteiger partial charge in [-0.05, 0) is 0 Å². The Hall–Kier alpha value is -1.00. The van der Waals surface area contributed by atoms with Crippen LogP contribution < -0.4 is 0 Å². The second-order valence-corrected chi connectivity index (χ2v) is 3.79. The highest BCUT2D eigenvalue weighted by Crippen LogP contribution is 2.40. The topological polar surface area (TPSA) is 60.4 Å². The second-order valence-electron chi connectivity index (χ2n) is 2.36. The van der Waals surface area contributed by atoms with Gasteiger partial charge in [-0.25, -0.2) is 13.6 Å². The fraction of sp³-hybridized carbons (Fsp3) is 0.800. The Morgan fingerprint density at radius 3 is 1.88 bits per heavy atom. The SMILES string of the molecule is O=C(OCCF)C(F)(C(F)(F)F)S(=O)(=O)F. The second kappa shape index (κ2) is 4.47. The van der Waals surface area contributed by atoms with Crippen LogP contribution >= 0.6 is 0 Å². The van der Waals surface area contributed by atoms with E-state index in [4.69, 9.17) is 0 Å². The number of rotatable bonds is 4. The number of alkyl halides is 5. The first-order valence-corrected chi connectivity index (χ1v) is 4.80. The maximum absolute atomic E-state index is 12.8. The minimum Gasteiger partial charge on any atom is -0.459 e. The molecule has 0 saturated carbocycles. The molecule has 0 aromatic rings. The van der Waals surface area contributed by atoms with E-state index in [1.54, 1.807) is 0 Å². The molecule has 0 fully saturated rings. The minimum absolute atomic E-state index is 1.32. The molecular weight excluding hydrogens is 270 g/mol. The summed E-state index contributed by atoms with van der Waals surface area (Å²) < 4.78 is 95.2. The van der Waals surface area contributed by atoms with Crippen LogP contribution in [0.15, 0.2) is 0 Å². The van der Waals surface area contributed by atoms with Gasteiger partial charge in [0.15, 0.2) is 0 Å². The van der Waals surface area contributed by atoms with E-state index in [1.165, 1.54) is 0 Å². The van der Waals surface area contributed by atoms with Crippen molar-refractivity contribution >= 4 is 16.2 Å². The van der Waals surface area contributed by atoms with Gasteiger partial charge in [0.25, 0.3) is 0 Å². The molecule has 0 saturated heterocycles. The predicted molar refractivity (Wildman–Crippen MR) is 36.9 cm³/mol. The Morgan fingerprint density at radius 2 is 1.62 bits per heavy atom. The number of esters is 1. The zero-order valence-corrected chi connectivity index (χ0v) is 8.04. The molecule has 0 aliphatic rings. The third-order valence-corrected chi connectivity index (χ3v) is 2.34. The lowest BCUT2D eigenvalue weighted by atomic mass is 10.4. The van der Waals surface area contributed by atoms with E-state index in [0.717, 1.165) is 0 Å². The van der Waals surface area contributed by atoms with Crippen molar-refractivity contribution < 1.29 is 43.8 Å². The van der Waals surface area contributed by atoms with Crippen LogP contribution in [0.5, 0.6) is 0 Å². The summed E-state index contributed by atoms with van der Waals surface area (Å²) in [6.45, 7) is -2.80. The Labute approximate surface area is 85.4 Å². The third-order valence-electron chi connectivity index (χ3n) is 1.27. The van der Waals surface area contributed by atoms with Crippen LogP contribution in [-0.4, -0.2) is 38.8 Å². The van der Waals surface area contributed by atoms with Gasteiger partial charge in [0.05, 0.1) is 0 Å². The maximum Gasteiger partial charge on any atom is 0.451 e. The van der Waals surface area contributed by atoms with Crippen LogP contribution in [0.3, 0.4) is 0 Å². The number of carbonyl (C=O) groups is 1. The Morgan fingerprint density at radius 1 is 1.19 bits per heavy atom. The highest BCUT2D eigenvalue weighted by Gasteiger charge is 2.73. The molecule has 4 nitrogen and oxygen atoms in total. The summed E-state index contributed by atoms with van der Waals surface area (Å²) in [4.78, 5) is 10.4. The standard InChI is InChI=1S/C5H4F6O4S/c6-1-2-15-3(12)4(7,5(8,9)10)16(11,13)14/h1-2H2. The van der Waals surface area contributed by atoms with Crippen molar-refractivity contribution in [3.63, 3.8) is 0 Å². The van der Waals surface area contributed by atoms with Crippen LogP contribution in [0.4, 0.5) is 25.8 Å². The van der Waals surface area contributed by atoms with Gasteiger partial charge in [0, 0.05) is 0 Å². The van der Waals surface area contributed by atoms with Crippen molar-refractivity contribution in [2.45, 2.75) is 11.2 Å². The molecule has 0 aliphatic carbocycles. The molecule has 0 rings (SSSR count). The molecule has 16 heavy (non-hydrogen) atoms. The molecule has 0 aromatic carbocycles. The highest BCUT2D eigenvalue weighted by molar-refractivity contribution is 7.88. The normalized spacial score (nSPS) is 16.6. The molecule has 0 bridgehead atoms. The lowest BCUT2D eigenvalue weighted by Crippen LogP contribution is -2.53. The Bertz CT molecular complexity index is 362. The van der Waals surface area contributed by atoms with Crippen molar-refractivity contribution in [3.8, 4) is 0 Å². The number of carbonyl (C=O) groups excluding carboxylic acids is 1. The summed E-state index contributed by atoms with van der Waals surface area (Å²) in [5.41, 5.74) is 0. The van der Waals surface area contributed by atoms with Gasteiger partial charge in [0.1, 0.15) is 13.3 Å². The van der Waals surface area contributed by atoms with Gasteiger partial charge >= 0.3 is 27.4 Å². The lowest BCUT2D eigenvalue weighted by molar-refractivity contribution is -0.214. The van der Waals surface area contributed by atoms with Crippen LogP contribution in [-0.2, 0) is 19.8 Å². The molecule has 0 heterocycles. The van der Waals surface area contributed by atoms with Gasteiger partial charge in [0.2, 0.25) is 0 Å². The van der Waals surface area contributed by atoms with Gasteiger partial charge in [-0.15, -0.1) is 3.89 Å². The maximum atomic E-state index is 12.8. The summed E-state index contributed by atoms with van der Waals surface area (Å²) in [5.74, 6) is -3.07. The number of hydrogen-bond donors (Lipinski definition) is 0. The lowest BCUT2D eigenvalue weighted by Gasteiger charge is -2.21. The van der Waals surface area contributed by atoms with Gasteiger partial charge < -0.3 is 4.74 Å². The molecule has 0 radical (unpaired) electrons. The summed E-state index contributed by atoms with van der Waals surface area (Å²) in [7, 11) is -6.94. The molecule has 0 amide bonds. The van der Waals surface area contributed by atoms with Crippen molar-refractivity contribution in [2.75, 3.05) is 13.3 Å². The van der Waals surface area contributed by atoms with Crippen molar-refractivity contribution in [1.82, 2.24) is 0 Å². The zero-order valence-electron chi connectivity index (χ0n) is 7.22. The first kappa shape index (κ1) is 15.0. The van der Waals surface area contributed by atoms with E-state index >= 15 is 0 Å². The molecule has 0 N–H and O–H groups in total. The van der Waals surface area contributed by atoms with E-state index < -0.39 is 40.7 Å². The fourth-order valence-electron chi connectivity index (χ4n) is 0.578. The number of hydrogen-bond acceptors (Lipinski definition) is 4. The number of halogens is 6. The van der Waals surface area contributed by atoms with Gasteiger partial charge in [-0.1, -0.05) is 0 Å². The molecule has 1 atom stereocenters. The summed E-state index contributed by atoms with van der Waals surface area (Å²) in [6, 6.07) is 0. The van der Waals surface area contributed by atoms with Crippen LogP contribution in [0.2, 0.25) is 0 Å².